The normalized spacial score (nSPS) is 15.9. The Bertz CT molecular complexity index is 1090. The largest absolute Gasteiger partial charge is 0.441 e. The van der Waals surface area contributed by atoms with Crippen LogP contribution in [0, 0.1) is 6.92 Å². The Labute approximate surface area is 174 Å². The minimum Gasteiger partial charge on any atom is -0.441 e. The van der Waals surface area contributed by atoms with Crippen molar-refractivity contribution in [2.45, 2.75) is 32.2 Å². The fraction of sp³-hybridized carbons (Fsp3) is 0.304. The van der Waals surface area contributed by atoms with E-state index in [1.54, 1.807) is 0 Å². The van der Waals surface area contributed by atoms with Gasteiger partial charge in [-0.2, -0.15) is 0 Å². The molecule has 1 fully saturated rings. The van der Waals surface area contributed by atoms with Gasteiger partial charge in [-0.05, 0) is 69.3 Å². The van der Waals surface area contributed by atoms with Gasteiger partial charge in [0.15, 0.2) is 11.5 Å². The van der Waals surface area contributed by atoms with E-state index in [2.05, 4.69) is 9.88 Å². The van der Waals surface area contributed by atoms with E-state index in [0.29, 0.717) is 16.8 Å². The second-order valence-electron chi connectivity index (χ2n) is 7.60. The molecule has 5 nitrogen and oxygen atoms in total. The summed E-state index contributed by atoms with van der Waals surface area (Å²) in [7, 11) is 0. The summed E-state index contributed by atoms with van der Waals surface area (Å²) in [6.07, 6.45) is 2.07. The summed E-state index contributed by atoms with van der Waals surface area (Å²) in [5.74, 6) is 2.77. The van der Waals surface area contributed by atoms with Crippen LogP contribution in [0.5, 0.6) is 0 Å². The van der Waals surface area contributed by atoms with Crippen LogP contribution in [0.25, 0.3) is 22.6 Å². The quantitative estimate of drug-likeness (QED) is 0.426. The van der Waals surface area contributed by atoms with Crippen molar-refractivity contribution in [1.29, 1.82) is 0 Å². The fourth-order valence-electron chi connectivity index (χ4n) is 3.91. The van der Waals surface area contributed by atoms with Crippen molar-refractivity contribution in [3.63, 3.8) is 0 Å². The molecule has 3 heterocycles. The van der Waals surface area contributed by atoms with Gasteiger partial charge >= 0.3 is 0 Å². The number of hydrogen-bond acceptors (Lipinski definition) is 5. The molecular formula is C23H22ClN3O2. The molecule has 0 bridgehead atoms. The highest BCUT2D eigenvalue weighted by Gasteiger charge is 2.26. The maximum absolute atomic E-state index is 5.97. The third kappa shape index (κ3) is 3.80. The molecule has 1 aliphatic rings. The molecule has 1 saturated heterocycles. The predicted molar refractivity (Wildman–Crippen MR) is 113 cm³/mol. The fourth-order valence-corrected chi connectivity index (χ4v) is 4.03. The number of piperidine rings is 1. The van der Waals surface area contributed by atoms with Crippen LogP contribution in [0.2, 0.25) is 5.02 Å². The van der Waals surface area contributed by atoms with E-state index >= 15 is 0 Å². The van der Waals surface area contributed by atoms with Crippen molar-refractivity contribution in [2.24, 2.45) is 0 Å². The number of benzene rings is 2. The molecule has 0 N–H and O–H groups in total. The topological polar surface area (TPSA) is 55.3 Å². The predicted octanol–water partition coefficient (Wildman–Crippen LogP) is 5.82. The van der Waals surface area contributed by atoms with E-state index < -0.39 is 0 Å². The average Bonchev–Trinajstić information content (AvgIpc) is 3.33. The molecule has 0 amide bonds. The Balaban J connectivity index is 1.24. The maximum Gasteiger partial charge on any atom is 0.226 e. The first kappa shape index (κ1) is 18.4. The van der Waals surface area contributed by atoms with Gasteiger partial charge in [-0.25, -0.2) is 9.97 Å². The van der Waals surface area contributed by atoms with Gasteiger partial charge in [0, 0.05) is 23.0 Å². The smallest absolute Gasteiger partial charge is 0.226 e. The Morgan fingerprint density at radius 1 is 1.00 bits per heavy atom. The first-order valence-corrected chi connectivity index (χ1v) is 10.3. The summed E-state index contributed by atoms with van der Waals surface area (Å²) in [4.78, 5) is 11.8. The van der Waals surface area contributed by atoms with Crippen LogP contribution in [0.3, 0.4) is 0 Å². The number of fused-ring (bicyclic) bond motifs is 1. The molecule has 0 unspecified atom stereocenters. The summed E-state index contributed by atoms with van der Waals surface area (Å²) >= 11 is 5.97. The summed E-state index contributed by atoms with van der Waals surface area (Å²) < 4.78 is 11.9. The average molecular weight is 408 g/mol. The van der Waals surface area contributed by atoms with Crippen molar-refractivity contribution in [3.8, 4) is 11.5 Å². The molecule has 148 valence electrons. The zero-order valence-electron chi connectivity index (χ0n) is 16.3. The number of aryl methyl sites for hydroxylation is 1. The summed E-state index contributed by atoms with van der Waals surface area (Å²) in [5.41, 5.74) is 3.75. The van der Waals surface area contributed by atoms with Gasteiger partial charge in [0.1, 0.15) is 11.3 Å². The van der Waals surface area contributed by atoms with Gasteiger partial charge in [0.2, 0.25) is 5.89 Å². The zero-order chi connectivity index (χ0) is 19.8. The molecule has 0 aliphatic carbocycles. The summed E-state index contributed by atoms with van der Waals surface area (Å²) in [5, 5.41) is 0.707. The molecule has 6 heteroatoms. The van der Waals surface area contributed by atoms with Crippen molar-refractivity contribution in [1.82, 2.24) is 14.9 Å². The number of oxazole rings is 2. The van der Waals surface area contributed by atoms with Gasteiger partial charge in [0.25, 0.3) is 0 Å². The van der Waals surface area contributed by atoms with Crippen molar-refractivity contribution in [2.75, 3.05) is 13.1 Å². The van der Waals surface area contributed by atoms with E-state index in [0.717, 1.165) is 66.5 Å². The molecular weight excluding hydrogens is 386 g/mol. The van der Waals surface area contributed by atoms with Crippen LogP contribution in [0.4, 0.5) is 0 Å². The number of likely N-dealkylation sites (tertiary alicyclic amines) is 1. The monoisotopic (exact) mass is 407 g/mol. The second-order valence-corrected chi connectivity index (χ2v) is 8.04. The van der Waals surface area contributed by atoms with Gasteiger partial charge in [-0.3, -0.25) is 4.90 Å². The van der Waals surface area contributed by atoms with Crippen LogP contribution < -0.4 is 0 Å². The molecule has 2 aromatic carbocycles. The summed E-state index contributed by atoms with van der Waals surface area (Å²) in [6.45, 7) is 4.76. The van der Waals surface area contributed by atoms with Crippen molar-refractivity contribution in [3.05, 3.63) is 70.9 Å². The highest BCUT2D eigenvalue weighted by atomic mass is 35.5. The minimum atomic E-state index is 0.377. The van der Waals surface area contributed by atoms with Gasteiger partial charge in [-0.15, -0.1) is 0 Å². The maximum atomic E-state index is 5.97. The highest BCUT2D eigenvalue weighted by molar-refractivity contribution is 6.30. The lowest BCUT2D eigenvalue weighted by molar-refractivity contribution is 0.191. The Morgan fingerprint density at radius 3 is 2.52 bits per heavy atom. The Hall–Kier alpha value is -2.63. The molecule has 1 aliphatic heterocycles. The third-order valence-electron chi connectivity index (χ3n) is 5.60. The van der Waals surface area contributed by atoms with Crippen LogP contribution in [0.15, 0.2) is 57.4 Å². The molecule has 5 rings (SSSR count). The molecule has 2 aromatic heterocycles. The third-order valence-corrected chi connectivity index (χ3v) is 5.86. The van der Waals surface area contributed by atoms with E-state index in [4.69, 9.17) is 25.4 Å². The van der Waals surface area contributed by atoms with E-state index in [1.807, 2.05) is 55.5 Å². The zero-order valence-corrected chi connectivity index (χ0v) is 17.0. The number of para-hydroxylation sites is 2. The van der Waals surface area contributed by atoms with E-state index in [1.165, 1.54) is 0 Å². The first-order chi connectivity index (χ1) is 14.2. The molecule has 4 aromatic rings. The van der Waals surface area contributed by atoms with Crippen LogP contribution >= 0.6 is 11.6 Å². The molecule has 29 heavy (non-hydrogen) atoms. The van der Waals surface area contributed by atoms with E-state index in [9.17, 15) is 0 Å². The summed E-state index contributed by atoms with van der Waals surface area (Å²) in [6, 6.07) is 15.5. The Kier molecular flexibility index (Phi) is 4.86. The van der Waals surface area contributed by atoms with Gasteiger partial charge in [-0.1, -0.05) is 23.7 Å². The molecule has 0 spiro atoms. The standard InChI is InChI=1S/C23H22ClN3O2/c1-15-20(26-22(28-15)16-6-8-18(24)9-7-16)14-27-12-10-17(11-13-27)23-25-19-4-2-3-5-21(19)29-23/h2-9,17H,10-14H2,1H3. The minimum absolute atomic E-state index is 0.377. The number of hydrogen-bond donors (Lipinski definition) is 0. The lowest BCUT2D eigenvalue weighted by Crippen LogP contribution is -2.32. The van der Waals surface area contributed by atoms with Crippen LogP contribution in [-0.2, 0) is 6.54 Å². The highest BCUT2D eigenvalue weighted by Crippen LogP contribution is 2.31. The molecule has 0 saturated carbocycles. The number of nitrogens with zero attached hydrogens (tertiary/aromatic N) is 3. The van der Waals surface area contributed by atoms with Crippen molar-refractivity contribution < 1.29 is 8.83 Å². The van der Waals surface area contributed by atoms with E-state index in [-0.39, 0.29) is 0 Å². The van der Waals surface area contributed by atoms with Crippen LogP contribution in [-0.4, -0.2) is 28.0 Å². The van der Waals surface area contributed by atoms with Gasteiger partial charge < -0.3 is 8.83 Å². The number of rotatable bonds is 4. The van der Waals surface area contributed by atoms with Crippen LogP contribution in [0.1, 0.15) is 36.1 Å². The molecule has 0 radical (unpaired) electrons. The lowest BCUT2D eigenvalue weighted by Gasteiger charge is -2.29. The van der Waals surface area contributed by atoms with Gasteiger partial charge in [0.05, 0.1) is 5.69 Å². The van der Waals surface area contributed by atoms with Crippen molar-refractivity contribution >= 4 is 22.7 Å². The second kappa shape index (κ2) is 7.65. The number of halogens is 1. The molecule has 0 atom stereocenters. The SMILES string of the molecule is Cc1oc(-c2ccc(Cl)cc2)nc1CN1CCC(c2nc3ccccc3o2)CC1. The Morgan fingerprint density at radius 2 is 1.76 bits per heavy atom. The first-order valence-electron chi connectivity index (χ1n) is 9.96. The number of aromatic nitrogens is 2. The lowest BCUT2D eigenvalue weighted by atomic mass is 9.96.